The second-order valence-corrected chi connectivity index (χ2v) is 3.55. The van der Waals surface area contributed by atoms with Crippen molar-refractivity contribution in [2.45, 2.75) is 18.9 Å². The van der Waals surface area contributed by atoms with Gasteiger partial charge in [0, 0.05) is 17.7 Å². The summed E-state index contributed by atoms with van der Waals surface area (Å²) in [5.74, 6) is -2.40. The monoisotopic (exact) mass is 237 g/mol. The molecule has 0 amide bonds. The molecule has 0 saturated heterocycles. The molecule has 0 bridgehead atoms. The quantitative estimate of drug-likeness (QED) is 0.819. The lowest BCUT2D eigenvalue weighted by Gasteiger charge is -2.25. The maximum atomic E-state index is 13.4. The molecule has 0 aromatic heterocycles. The lowest BCUT2D eigenvalue weighted by molar-refractivity contribution is 0.0581. The molecule has 6 heteroatoms. The SMILES string of the molecule is COc1cc(F)c(C(C)(N)C(F)F)c(F)c1. The van der Waals surface area contributed by atoms with Crippen LogP contribution < -0.4 is 10.5 Å². The van der Waals surface area contributed by atoms with Gasteiger partial charge < -0.3 is 10.5 Å². The van der Waals surface area contributed by atoms with Crippen molar-refractivity contribution in [1.29, 1.82) is 0 Å². The molecule has 1 aromatic carbocycles. The Hall–Kier alpha value is -1.30. The molecule has 2 N–H and O–H groups in total. The predicted octanol–water partition coefficient (Wildman–Crippen LogP) is 2.41. The van der Waals surface area contributed by atoms with Gasteiger partial charge >= 0.3 is 0 Å². The Labute approximate surface area is 90.0 Å². The van der Waals surface area contributed by atoms with E-state index in [4.69, 9.17) is 5.73 Å². The second kappa shape index (κ2) is 4.29. The van der Waals surface area contributed by atoms with E-state index in [9.17, 15) is 17.6 Å². The maximum absolute atomic E-state index is 13.4. The zero-order chi connectivity index (χ0) is 12.5. The third-order valence-electron chi connectivity index (χ3n) is 2.24. The van der Waals surface area contributed by atoms with Crippen LogP contribution in [0.3, 0.4) is 0 Å². The Morgan fingerprint density at radius 3 is 2.00 bits per heavy atom. The van der Waals surface area contributed by atoms with E-state index in [1.165, 1.54) is 7.11 Å². The van der Waals surface area contributed by atoms with Crippen LogP contribution in [-0.4, -0.2) is 13.5 Å². The van der Waals surface area contributed by atoms with Crippen LogP contribution in [0.5, 0.6) is 5.75 Å². The van der Waals surface area contributed by atoms with Crippen LogP contribution in [0, 0.1) is 11.6 Å². The maximum Gasteiger partial charge on any atom is 0.260 e. The average molecular weight is 237 g/mol. The minimum absolute atomic E-state index is 0.0937. The van der Waals surface area contributed by atoms with Crippen molar-refractivity contribution in [3.05, 3.63) is 29.3 Å². The summed E-state index contributed by atoms with van der Waals surface area (Å²) in [6.45, 7) is 0.867. The molecule has 0 saturated carbocycles. The number of nitrogens with two attached hydrogens (primary N) is 1. The molecule has 0 aliphatic carbocycles. The molecule has 0 fully saturated rings. The molecule has 90 valence electrons. The largest absolute Gasteiger partial charge is 0.497 e. The van der Waals surface area contributed by atoms with Gasteiger partial charge in [-0.2, -0.15) is 0 Å². The number of alkyl halides is 2. The third kappa shape index (κ3) is 2.11. The first kappa shape index (κ1) is 12.8. The molecule has 1 aromatic rings. The van der Waals surface area contributed by atoms with Crippen LogP contribution in [0.2, 0.25) is 0 Å². The zero-order valence-corrected chi connectivity index (χ0v) is 8.73. The minimum Gasteiger partial charge on any atom is -0.497 e. The molecule has 0 radical (unpaired) electrons. The van der Waals surface area contributed by atoms with Gasteiger partial charge in [-0.25, -0.2) is 17.6 Å². The van der Waals surface area contributed by atoms with Crippen molar-refractivity contribution in [1.82, 2.24) is 0 Å². The summed E-state index contributed by atoms with van der Waals surface area (Å²) in [6.07, 6.45) is -3.08. The first-order chi connectivity index (χ1) is 7.30. The van der Waals surface area contributed by atoms with Gasteiger partial charge in [-0.05, 0) is 6.92 Å². The third-order valence-corrected chi connectivity index (χ3v) is 2.24. The average Bonchev–Trinajstić information content (AvgIpc) is 2.15. The number of ether oxygens (including phenoxy) is 1. The van der Waals surface area contributed by atoms with E-state index in [-0.39, 0.29) is 5.75 Å². The zero-order valence-electron chi connectivity index (χ0n) is 8.73. The van der Waals surface area contributed by atoms with Gasteiger partial charge in [0.2, 0.25) is 0 Å². The van der Waals surface area contributed by atoms with E-state index in [1.807, 2.05) is 0 Å². The second-order valence-electron chi connectivity index (χ2n) is 3.55. The molecule has 1 atom stereocenters. The molecular formula is C10H11F4NO. The number of halogens is 4. The van der Waals surface area contributed by atoms with Gasteiger partial charge in [0.1, 0.15) is 22.9 Å². The standard InChI is InChI=1S/C10H11F4NO/c1-10(15,9(13)14)8-6(11)3-5(16-2)4-7(8)12/h3-4,9H,15H2,1-2H3. The van der Waals surface area contributed by atoms with Crippen molar-refractivity contribution in [2.75, 3.05) is 7.11 Å². The summed E-state index contributed by atoms with van der Waals surface area (Å²) in [4.78, 5) is 0. The highest BCUT2D eigenvalue weighted by Crippen LogP contribution is 2.32. The lowest BCUT2D eigenvalue weighted by Crippen LogP contribution is -2.42. The van der Waals surface area contributed by atoms with Crippen LogP contribution >= 0.6 is 0 Å². The van der Waals surface area contributed by atoms with E-state index in [0.29, 0.717) is 0 Å². The highest BCUT2D eigenvalue weighted by Gasteiger charge is 2.37. The number of methoxy groups -OCH3 is 1. The van der Waals surface area contributed by atoms with Crippen LogP contribution in [0.4, 0.5) is 17.6 Å². The molecule has 1 rings (SSSR count). The van der Waals surface area contributed by atoms with Crippen LogP contribution in [0.15, 0.2) is 12.1 Å². The molecule has 2 nitrogen and oxygen atoms in total. The van der Waals surface area contributed by atoms with Crippen molar-refractivity contribution in [3.63, 3.8) is 0 Å². The fourth-order valence-electron chi connectivity index (χ4n) is 1.29. The fraction of sp³-hybridized carbons (Fsp3) is 0.400. The van der Waals surface area contributed by atoms with E-state index >= 15 is 0 Å². The summed E-state index contributed by atoms with van der Waals surface area (Å²) in [6, 6.07) is 1.62. The summed E-state index contributed by atoms with van der Waals surface area (Å²) >= 11 is 0. The Morgan fingerprint density at radius 1 is 1.25 bits per heavy atom. The Kier molecular flexibility index (Phi) is 3.42. The Balaban J connectivity index is 3.35. The summed E-state index contributed by atoms with van der Waals surface area (Å²) in [5, 5.41) is 0. The molecule has 0 spiro atoms. The highest BCUT2D eigenvalue weighted by atomic mass is 19.3. The number of hydrogen-bond acceptors (Lipinski definition) is 2. The van der Waals surface area contributed by atoms with Crippen molar-refractivity contribution in [2.24, 2.45) is 5.73 Å². The molecule has 0 aliphatic heterocycles. The first-order valence-electron chi connectivity index (χ1n) is 4.41. The molecular weight excluding hydrogens is 226 g/mol. The van der Waals surface area contributed by atoms with Crippen LogP contribution in [0.1, 0.15) is 12.5 Å². The van der Waals surface area contributed by atoms with Crippen LogP contribution in [0.25, 0.3) is 0 Å². The van der Waals surface area contributed by atoms with Crippen molar-refractivity contribution < 1.29 is 22.3 Å². The minimum atomic E-state index is -3.08. The molecule has 16 heavy (non-hydrogen) atoms. The lowest BCUT2D eigenvalue weighted by atomic mass is 9.92. The van der Waals surface area contributed by atoms with Crippen molar-refractivity contribution >= 4 is 0 Å². The number of benzene rings is 1. The Bertz CT molecular complexity index is 369. The number of hydrogen-bond donors (Lipinski definition) is 1. The van der Waals surface area contributed by atoms with E-state index in [2.05, 4.69) is 4.74 Å². The van der Waals surface area contributed by atoms with Gasteiger partial charge in [0.25, 0.3) is 6.43 Å². The molecule has 0 heterocycles. The van der Waals surface area contributed by atoms with E-state index in [1.54, 1.807) is 0 Å². The van der Waals surface area contributed by atoms with Gasteiger partial charge in [0.15, 0.2) is 0 Å². The summed E-state index contributed by atoms with van der Waals surface area (Å²) < 4.78 is 56.5. The molecule has 1 unspecified atom stereocenters. The summed E-state index contributed by atoms with van der Waals surface area (Å²) in [5.41, 5.74) is 1.98. The van der Waals surface area contributed by atoms with E-state index in [0.717, 1.165) is 19.1 Å². The highest BCUT2D eigenvalue weighted by molar-refractivity contribution is 5.35. The van der Waals surface area contributed by atoms with Gasteiger partial charge in [-0.3, -0.25) is 0 Å². The van der Waals surface area contributed by atoms with Crippen LogP contribution in [-0.2, 0) is 5.54 Å². The predicted molar refractivity (Wildman–Crippen MR) is 50.5 cm³/mol. The van der Waals surface area contributed by atoms with Gasteiger partial charge in [-0.15, -0.1) is 0 Å². The van der Waals surface area contributed by atoms with E-state index < -0.39 is 29.2 Å². The molecule has 0 aliphatic rings. The van der Waals surface area contributed by atoms with Gasteiger partial charge in [-0.1, -0.05) is 0 Å². The smallest absolute Gasteiger partial charge is 0.260 e. The Morgan fingerprint density at radius 2 is 1.69 bits per heavy atom. The fourth-order valence-corrected chi connectivity index (χ4v) is 1.29. The van der Waals surface area contributed by atoms with Gasteiger partial charge in [0.05, 0.1) is 7.11 Å². The first-order valence-corrected chi connectivity index (χ1v) is 4.41. The summed E-state index contributed by atoms with van der Waals surface area (Å²) in [7, 11) is 1.21. The normalized spacial score (nSPS) is 15.0. The van der Waals surface area contributed by atoms with Crippen molar-refractivity contribution in [3.8, 4) is 5.75 Å². The number of rotatable bonds is 3. The topological polar surface area (TPSA) is 35.2 Å².